The average Bonchev–Trinajstić information content (AvgIpc) is 2.59. The molecule has 1 aromatic carbocycles. The predicted molar refractivity (Wildman–Crippen MR) is 106 cm³/mol. The number of benzene rings is 1. The Bertz CT molecular complexity index is 556. The fourth-order valence-electron chi connectivity index (χ4n) is 2.40. The van der Waals surface area contributed by atoms with Crippen LogP contribution in [0.3, 0.4) is 0 Å². The SMILES string of the molecule is CCNC(=NCC(C)c1cccc(C)c1)NCCC(=O)NC(C)CC. The van der Waals surface area contributed by atoms with E-state index < -0.39 is 0 Å². The van der Waals surface area contributed by atoms with Gasteiger partial charge < -0.3 is 16.0 Å². The standard InChI is InChI=1S/C20H34N4O/c1-6-17(5)24-19(25)11-12-22-20(21-7-2)23-14-16(4)18-10-8-9-15(3)13-18/h8-10,13,16-17H,6-7,11-12,14H2,1-5H3,(H,24,25)(H2,21,22,23). The van der Waals surface area contributed by atoms with E-state index in [2.05, 4.69) is 66.0 Å². The molecule has 0 aromatic heterocycles. The zero-order chi connectivity index (χ0) is 18.7. The molecular weight excluding hydrogens is 312 g/mol. The Balaban J connectivity index is 2.49. The third-order valence-electron chi connectivity index (χ3n) is 4.14. The van der Waals surface area contributed by atoms with Crippen LogP contribution >= 0.6 is 0 Å². The maximum atomic E-state index is 11.8. The van der Waals surface area contributed by atoms with Crippen molar-refractivity contribution < 1.29 is 4.79 Å². The van der Waals surface area contributed by atoms with Crippen molar-refractivity contribution in [3.05, 3.63) is 35.4 Å². The lowest BCUT2D eigenvalue weighted by molar-refractivity contribution is -0.121. The van der Waals surface area contributed by atoms with Gasteiger partial charge in [-0.1, -0.05) is 43.7 Å². The minimum Gasteiger partial charge on any atom is -0.357 e. The monoisotopic (exact) mass is 346 g/mol. The van der Waals surface area contributed by atoms with Crippen molar-refractivity contribution in [3.8, 4) is 0 Å². The summed E-state index contributed by atoms with van der Waals surface area (Å²) in [7, 11) is 0. The zero-order valence-electron chi connectivity index (χ0n) is 16.4. The van der Waals surface area contributed by atoms with E-state index in [0.717, 1.165) is 18.9 Å². The molecule has 0 aliphatic rings. The van der Waals surface area contributed by atoms with Gasteiger partial charge in [0, 0.05) is 38.0 Å². The maximum absolute atomic E-state index is 11.8. The van der Waals surface area contributed by atoms with Crippen LogP contribution < -0.4 is 16.0 Å². The highest BCUT2D eigenvalue weighted by molar-refractivity contribution is 5.81. The molecule has 2 unspecified atom stereocenters. The third-order valence-corrected chi connectivity index (χ3v) is 4.14. The zero-order valence-corrected chi connectivity index (χ0v) is 16.4. The first-order chi connectivity index (χ1) is 12.0. The Hall–Kier alpha value is -2.04. The second-order valence-electron chi connectivity index (χ2n) is 6.59. The smallest absolute Gasteiger partial charge is 0.221 e. The minimum absolute atomic E-state index is 0.0748. The molecule has 0 aliphatic carbocycles. The Morgan fingerprint density at radius 3 is 2.60 bits per heavy atom. The average molecular weight is 347 g/mol. The maximum Gasteiger partial charge on any atom is 0.221 e. The van der Waals surface area contributed by atoms with Crippen molar-refractivity contribution in [1.82, 2.24) is 16.0 Å². The number of aryl methyl sites for hydroxylation is 1. The van der Waals surface area contributed by atoms with Crippen molar-refractivity contribution >= 4 is 11.9 Å². The fraction of sp³-hybridized carbons (Fsp3) is 0.600. The predicted octanol–water partition coefficient (Wildman–Crippen LogP) is 2.96. The van der Waals surface area contributed by atoms with E-state index >= 15 is 0 Å². The summed E-state index contributed by atoms with van der Waals surface area (Å²) in [6, 6.07) is 8.77. The molecule has 1 rings (SSSR count). The number of nitrogens with one attached hydrogen (secondary N) is 3. The molecule has 5 nitrogen and oxygen atoms in total. The van der Waals surface area contributed by atoms with Crippen LogP contribution in [0, 0.1) is 6.92 Å². The Kier molecular flexibility index (Phi) is 9.66. The second-order valence-corrected chi connectivity index (χ2v) is 6.59. The van der Waals surface area contributed by atoms with Crippen molar-refractivity contribution in [2.75, 3.05) is 19.6 Å². The number of rotatable bonds is 9. The van der Waals surface area contributed by atoms with Gasteiger partial charge in [-0.05, 0) is 32.8 Å². The van der Waals surface area contributed by atoms with Crippen molar-refractivity contribution in [1.29, 1.82) is 0 Å². The number of carbonyl (C=O) groups is 1. The summed E-state index contributed by atoms with van der Waals surface area (Å²) in [4.78, 5) is 16.5. The number of aliphatic imine (C=N–C) groups is 1. The first-order valence-corrected chi connectivity index (χ1v) is 9.34. The van der Waals surface area contributed by atoms with Gasteiger partial charge >= 0.3 is 0 Å². The van der Waals surface area contributed by atoms with Gasteiger partial charge in [-0.25, -0.2) is 0 Å². The molecule has 140 valence electrons. The lowest BCUT2D eigenvalue weighted by Gasteiger charge is -2.15. The molecule has 0 fully saturated rings. The first kappa shape index (κ1) is 21.0. The van der Waals surface area contributed by atoms with Gasteiger partial charge in [-0.15, -0.1) is 0 Å². The summed E-state index contributed by atoms with van der Waals surface area (Å²) < 4.78 is 0. The van der Waals surface area contributed by atoms with Gasteiger partial charge in [0.05, 0.1) is 0 Å². The van der Waals surface area contributed by atoms with Crippen molar-refractivity contribution in [2.24, 2.45) is 4.99 Å². The molecule has 25 heavy (non-hydrogen) atoms. The number of amides is 1. The molecule has 3 N–H and O–H groups in total. The van der Waals surface area contributed by atoms with Crippen LogP contribution in [-0.4, -0.2) is 37.5 Å². The van der Waals surface area contributed by atoms with Gasteiger partial charge in [0.1, 0.15) is 0 Å². The molecule has 0 saturated heterocycles. The molecule has 0 heterocycles. The lowest BCUT2D eigenvalue weighted by Crippen LogP contribution is -2.40. The topological polar surface area (TPSA) is 65.5 Å². The summed E-state index contributed by atoms with van der Waals surface area (Å²) in [5, 5.41) is 9.45. The van der Waals surface area contributed by atoms with E-state index in [1.807, 2.05) is 13.8 Å². The summed E-state index contributed by atoms with van der Waals surface area (Å²) in [6.45, 7) is 12.5. The van der Waals surface area contributed by atoms with Crippen molar-refractivity contribution in [3.63, 3.8) is 0 Å². The summed E-state index contributed by atoms with van der Waals surface area (Å²) in [6.07, 6.45) is 1.39. The molecule has 0 spiro atoms. The van der Waals surface area contributed by atoms with Crippen LogP contribution in [0.4, 0.5) is 0 Å². The second kappa shape index (κ2) is 11.5. The minimum atomic E-state index is 0.0748. The number of nitrogens with zero attached hydrogens (tertiary/aromatic N) is 1. The van der Waals surface area contributed by atoms with Crippen LogP contribution in [-0.2, 0) is 4.79 Å². The quantitative estimate of drug-likeness (QED) is 0.476. The van der Waals surface area contributed by atoms with E-state index in [1.54, 1.807) is 0 Å². The van der Waals surface area contributed by atoms with E-state index in [4.69, 9.17) is 0 Å². The van der Waals surface area contributed by atoms with Gasteiger partial charge in [0.2, 0.25) is 5.91 Å². The third kappa shape index (κ3) is 8.57. The van der Waals surface area contributed by atoms with E-state index in [0.29, 0.717) is 25.4 Å². The summed E-state index contributed by atoms with van der Waals surface area (Å²) in [5.74, 6) is 1.19. The van der Waals surface area contributed by atoms with E-state index in [-0.39, 0.29) is 11.9 Å². The summed E-state index contributed by atoms with van der Waals surface area (Å²) in [5.41, 5.74) is 2.57. The molecule has 1 aromatic rings. The van der Waals surface area contributed by atoms with E-state index in [9.17, 15) is 4.79 Å². The fourth-order valence-corrected chi connectivity index (χ4v) is 2.40. The Labute approximate surface area is 152 Å². The number of hydrogen-bond acceptors (Lipinski definition) is 2. The molecule has 2 atom stereocenters. The van der Waals surface area contributed by atoms with Crippen molar-refractivity contribution in [2.45, 2.75) is 59.4 Å². The Morgan fingerprint density at radius 1 is 1.20 bits per heavy atom. The number of guanidine groups is 1. The molecule has 1 amide bonds. The van der Waals surface area contributed by atoms with Crippen LogP contribution in [0.5, 0.6) is 0 Å². The van der Waals surface area contributed by atoms with Crippen LogP contribution in [0.25, 0.3) is 0 Å². The van der Waals surface area contributed by atoms with Crippen LogP contribution in [0.1, 0.15) is 57.6 Å². The highest BCUT2D eigenvalue weighted by Crippen LogP contribution is 2.16. The van der Waals surface area contributed by atoms with Crippen LogP contribution in [0.2, 0.25) is 0 Å². The lowest BCUT2D eigenvalue weighted by atomic mass is 10.00. The van der Waals surface area contributed by atoms with Gasteiger partial charge in [0.15, 0.2) is 5.96 Å². The summed E-state index contributed by atoms with van der Waals surface area (Å²) >= 11 is 0. The normalized spacial score (nSPS) is 13.9. The van der Waals surface area contributed by atoms with Crippen LogP contribution in [0.15, 0.2) is 29.3 Å². The largest absolute Gasteiger partial charge is 0.357 e. The first-order valence-electron chi connectivity index (χ1n) is 9.34. The highest BCUT2D eigenvalue weighted by atomic mass is 16.1. The molecule has 0 saturated carbocycles. The molecule has 5 heteroatoms. The molecular formula is C20H34N4O. The van der Waals surface area contributed by atoms with Gasteiger partial charge in [0.25, 0.3) is 0 Å². The van der Waals surface area contributed by atoms with Gasteiger partial charge in [-0.2, -0.15) is 0 Å². The Morgan fingerprint density at radius 2 is 1.96 bits per heavy atom. The highest BCUT2D eigenvalue weighted by Gasteiger charge is 2.07. The van der Waals surface area contributed by atoms with E-state index in [1.165, 1.54) is 11.1 Å². The number of hydrogen-bond donors (Lipinski definition) is 3. The molecule has 0 bridgehead atoms. The number of carbonyl (C=O) groups excluding carboxylic acids is 1. The molecule has 0 radical (unpaired) electrons. The molecule has 0 aliphatic heterocycles. The van der Waals surface area contributed by atoms with Gasteiger partial charge in [-0.3, -0.25) is 9.79 Å².